The van der Waals surface area contributed by atoms with E-state index in [9.17, 15) is 4.39 Å². The molecule has 0 bridgehead atoms. The van der Waals surface area contributed by atoms with Crippen molar-refractivity contribution < 1.29 is 4.39 Å². The van der Waals surface area contributed by atoms with E-state index in [-0.39, 0.29) is 5.82 Å². The van der Waals surface area contributed by atoms with Crippen molar-refractivity contribution in [2.24, 2.45) is 7.05 Å². The number of imidazole rings is 1. The Morgan fingerprint density at radius 3 is 2.53 bits per heavy atom. The van der Waals surface area contributed by atoms with Gasteiger partial charge in [0.1, 0.15) is 17.2 Å². The number of fused-ring (bicyclic) bond motifs is 1. The van der Waals surface area contributed by atoms with Crippen molar-refractivity contribution in [1.82, 2.24) is 19.5 Å². The number of nitrogens with zero attached hydrogens (tertiary/aromatic N) is 4. The highest BCUT2D eigenvalue weighted by molar-refractivity contribution is 14.1. The second kappa shape index (κ2) is 4.68. The maximum Gasteiger partial charge on any atom is 0.194 e. The number of aromatic nitrogens is 4. The van der Waals surface area contributed by atoms with Gasteiger partial charge in [-0.2, -0.15) is 0 Å². The number of aryl methyl sites for hydroxylation is 1. The van der Waals surface area contributed by atoms with Gasteiger partial charge < -0.3 is 4.57 Å². The van der Waals surface area contributed by atoms with Gasteiger partial charge >= 0.3 is 0 Å². The maximum absolute atomic E-state index is 13.0. The van der Waals surface area contributed by atoms with Crippen LogP contribution in [0.2, 0.25) is 5.15 Å². The lowest BCUT2D eigenvalue weighted by molar-refractivity contribution is 0.628. The fraction of sp³-hybridized carbons (Fsp3) is 0.0833. The highest BCUT2D eigenvalue weighted by atomic mass is 127. The van der Waals surface area contributed by atoms with Crippen LogP contribution >= 0.6 is 34.2 Å². The zero-order valence-electron chi connectivity index (χ0n) is 9.73. The highest BCUT2D eigenvalue weighted by Gasteiger charge is 2.15. The first-order valence-corrected chi connectivity index (χ1v) is 6.83. The minimum atomic E-state index is -0.283. The van der Waals surface area contributed by atoms with Crippen LogP contribution in [0, 0.1) is 9.65 Å². The van der Waals surface area contributed by atoms with Crippen LogP contribution in [0.3, 0.4) is 0 Å². The topological polar surface area (TPSA) is 43.6 Å². The summed E-state index contributed by atoms with van der Waals surface area (Å²) in [6.07, 6.45) is 0. The lowest BCUT2D eigenvalue weighted by Crippen LogP contribution is -1.96. The van der Waals surface area contributed by atoms with E-state index in [4.69, 9.17) is 11.6 Å². The number of benzene rings is 1. The summed E-state index contributed by atoms with van der Waals surface area (Å²) in [7, 11) is 1.84. The smallest absolute Gasteiger partial charge is 0.194 e. The third kappa shape index (κ3) is 2.18. The molecule has 1 aromatic carbocycles. The van der Waals surface area contributed by atoms with Crippen LogP contribution in [0.4, 0.5) is 4.39 Å². The molecule has 0 N–H and O–H groups in total. The Kier molecular flexibility index (Phi) is 3.14. The number of rotatable bonds is 1. The Labute approximate surface area is 126 Å². The van der Waals surface area contributed by atoms with Gasteiger partial charge in [-0.25, -0.2) is 19.3 Å². The summed E-state index contributed by atoms with van der Waals surface area (Å²) < 4.78 is 15.3. The Hall–Kier alpha value is -1.28. The summed E-state index contributed by atoms with van der Waals surface area (Å²) in [5, 5.41) is 0.318. The second-order valence-corrected chi connectivity index (χ2v) is 5.28. The molecule has 0 atom stereocenters. The van der Waals surface area contributed by atoms with Crippen molar-refractivity contribution in [3.63, 3.8) is 0 Å². The van der Waals surface area contributed by atoms with E-state index in [0.29, 0.717) is 26.0 Å². The normalized spacial score (nSPS) is 11.2. The molecule has 0 aliphatic rings. The molecule has 96 valence electrons. The van der Waals surface area contributed by atoms with Gasteiger partial charge in [0.2, 0.25) is 0 Å². The largest absolute Gasteiger partial charge is 0.312 e. The SMILES string of the molecule is Cn1c(-c2ccc(F)cc2)nc2c(Cl)nc(I)nc21. The van der Waals surface area contributed by atoms with Gasteiger partial charge in [0, 0.05) is 35.2 Å². The lowest BCUT2D eigenvalue weighted by Gasteiger charge is -2.01. The minimum Gasteiger partial charge on any atom is -0.312 e. The van der Waals surface area contributed by atoms with E-state index in [1.165, 1.54) is 12.1 Å². The summed E-state index contributed by atoms with van der Waals surface area (Å²) >= 11 is 8.07. The van der Waals surface area contributed by atoms with Crippen molar-refractivity contribution in [3.8, 4) is 11.4 Å². The zero-order chi connectivity index (χ0) is 13.6. The van der Waals surface area contributed by atoms with Crippen LogP contribution in [0.25, 0.3) is 22.6 Å². The monoisotopic (exact) mass is 388 g/mol. The molecule has 0 fully saturated rings. The molecule has 2 aromatic heterocycles. The van der Waals surface area contributed by atoms with E-state index in [1.54, 1.807) is 12.1 Å². The molecule has 0 unspecified atom stereocenters. The van der Waals surface area contributed by atoms with Crippen molar-refractivity contribution in [1.29, 1.82) is 0 Å². The standard InChI is InChI=1S/C12H7ClFIN4/c1-19-10(6-2-4-7(14)5-3-6)16-8-9(13)17-12(15)18-11(8)19/h2-5H,1H3. The lowest BCUT2D eigenvalue weighted by atomic mass is 10.2. The molecule has 3 rings (SSSR count). The molecular formula is C12H7ClFIN4. The van der Waals surface area contributed by atoms with Crippen molar-refractivity contribution in [2.75, 3.05) is 0 Å². The fourth-order valence-corrected chi connectivity index (χ4v) is 2.68. The molecule has 0 aliphatic heterocycles. The second-order valence-electron chi connectivity index (χ2n) is 3.96. The van der Waals surface area contributed by atoms with E-state index in [0.717, 1.165) is 5.56 Å². The predicted octanol–water partition coefficient (Wildman–Crippen LogP) is 3.43. The molecule has 0 saturated heterocycles. The molecule has 0 radical (unpaired) electrons. The van der Waals surface area contributed by atoms with Crippen LogP contribution in [-0.2, 0) is 7.05 Å². The van der Waals surface area contributed by atoms with Crippen LogP contribution in [0.15, 0.2) is 24.3 Å². The summed E-state index contributed by atoms with van der Waals surface area (Å²) in [6, 6.07) is 6.13. The third-order valence-electron chi connectivity index (χ3n) is 2.75. The summed E-state index contributed by atoms with van der Waals surface area (Å²) in [6.45, 7) is 0. The Bertz CT molecular complexity index is 769. The van der Waals surface area contributed by atoms with Crippen molar-refractivity contribution >= 4 is 45.4 Å². The zero-order valence-corrected chi connectivity index (χ0v) is 12.6. The number of hydrogen-bond donors (Lipinski definition) is 0. The molecule has 3 aromatic rings. The van der Waals surface area contributed by atoms with E-state index >= 15 is 0 Å². The third-order valence-corrected chi connectivity index (χ3v) is 3.50. The summed E-state index contributed by atoms with van der Waals surface area (Å²) in [5.41, 5.74) is 2.00. The first-order chi connectivity index (χ1) is 9.06. The maximum atomic E-state index is 13.0. The Morgan fingerprint density at radius 1 is 1.16 bits per heavy atom. The Balaban J connectivity index is 2.28. The summed E-state index contributed by atoms with van der Waals surface area (Å²) in [4.78, 5) is 12.8. The first kappa shape index (κ1) is 12.7. The van der Waals surface area contributed by atoms with Gasteiger partial charge in [-0.1, -0.05) is 11.6 Å². The average Bonchev–Trinajstić information content (AvgIpc) is 2.69. The van der Waals surface area contributed by atoms with E-state index < -0.39 is 0 Å². The average molecular weight is 389 g/mol. The van der Waals surface area contributed by atoms with Crippen molar-refractivity contribution in [3.05, 3.63) is 39.1 Å². The van der Waals surface area contributed by atoms with Crippen LogP contribution in [0.5, 0.6) is 0 Å². The number of halogens is 3. The quantitative estimate of drug-likeness (QED) is 0.364. The van der Waals surface area contributed by atoms with Gasteiger partial charge in [-0.05, 0) is 24.3 Å². The minimum absolute atomic E-state index is 0.283. The molecule has 2 heterocycles. The molecule has 0 amide bonds. The first-order valence-electron chi connectivity index (χ1n) is 5.37. The molecule has 0 saturated carbocycles. The number of hydrogen-bond acceptors (Lipinski definition) is 3. The van der Waals surface area contributed by atoms with Crippen LogP contribution in [-0.4, -0.2) is 19.5 Å². The summed E-state index contributed by atoms with van der Waals surface area (Å²) in [5.74, 6) is 0.392. The fourth-order valence-electron chi connectivity index (χ4n) is 1.86. The van der Waals surface area contributed by atoms with E-state index in [1.807, 2.05) is 34.2 Å². The molecule has 19 heavy (non-hydrogen) atoms. The predicted molar refractivity (Wildman–Crippen MR) is 79.4 cm³/mol. The van der Waals surface area contributed by atoms with Gasteiger partial charge in [0.05, 0.1) is 0 Å². The highest BCUT2D eigenvalue weighted by Crippen LogP contribution is 2.26. The Morgan fingerprint density at radius 2 is 1.84 bits per heavy atom. The van der Waals surface area contributed by atoms with Gasteiger partial charge in [-0.3, -0.25) is 0 Å². The van der Waals surface area contributed by atoms with Gasteiger partial charge in [0.25, 0.3) is 0 Å². The molecular weight excluding hydrogens is 382 g/mol. The van der Waals surface area contributed by atoms with E-state index in [2.05, 4.69) is 15.0 Å². The van der Waals surface area contributed by atoms with Crippen LogP contribution in [0.1, 0.15) is 0 Å². The van der Waals surface area contributed by atoms with Crippen molar-refractivity contribution in [2.45, 2.75) is 0 Å². The van der Waals surface area contributed by atoms with Gasteiger partial charge in [-0.15, -0.1) is 0 Å². The van der Waals surface area contributed by atoms with Crippen LogP contribution < -0.4 is 0 Å². The molecule has 0 spiro atoms. The molecule has 4 nitrogen and oxygen atoms in total. The molecule has 7 heteroatoms. The molecule has 0 aliphatic carbocycles. The van der Waals surface area contributed by atoms with Gasteiger partial charge in [0.15, 0.2) is 14.6 Å².